The molecule has 0 radical (unpaired) electrons. The van der Waals surface area contributed by atoms with Crippen LogP contribution in [-0.2, 0) is 16.4 Å². The van der Waals surface area contributed by atoms with Gasteiger partial charge in [0.25, 0.3) is 0 Å². The van der Waals surface area contributed by atoms with E-state index in [1.807, 2.05) is 24.4 Å². The second-order valence-electron chi connectivity index (χ2n) is 5.28. The third kappa shape index (κ3) is 4.90. The molecule has 6 heteroatoms. The predicted octanol–water partition coefficient (Wildman–Crippen LogP) is 3.38. The number of hydrogen-bond acceptors (Lipinski definition) is 4. The van der Waals surface area contributed by atoms with E-state index in [1.54, 1.807) is 11.3 Å². The molecule has 1 aromatic carbocycles. The van der Waals surface area contributed by atoms with E-state index in [0.717, 1.165) is 22.7 Å². The smallest absolute Gasteiger partial charge is 0.211 e. The Bertz CT molecular complexity index is 708. The molecule has 0 saturated heterocycles. The van der Waals surface area contributed by atoms with E-state index in [4.69, 9.17) is 0 Å². The number of nitrogens with zero attached hydrogens (tertiary/aromatic N) is 1. The van der Waals surface area contributed by atoms with E-state index >= 15 is 0 Å². The molecular weight excluding hydrogens is 316 g/mol. The molecule has 0 amide bonds. The summed E-state index contributed by atoms with van der Waals surface area (Å²) in [5.41, 5.74) is 3.27. The second-order valence-corrected chi connectivity index (χ2v) is 8.06. The van der Waals surface area contributed by atoms with Crippen LogP contribution in [-0.4, -0.2) is 25.7 Å². The van der Waals surface area contributed by atoms with Crippen molar-refractivity contribution in [2.75, 3.05) is 12.3 Å². The lowest BCUT2D eigenvalue weighted by atomic mass is 10.1. The molecule has 0 aliphatic heterocycles. The largest absolute Gasteiger partial charge is 0.241 e. The van der Waals surface area contributed by atoms with Crippen molar-refractivity contribution in [1.82, 2.24) is 9.71 Å². The van der Waals surface area contributed by atoms with Crippen LogP contribution < -0.4 is 4.72 Å². The first kappa shape index (κ1) is 17.1. The van der Waals surface area contributed by atoms with Gasteiger partial charge >= 0.3 is 0 Å². The molecule has 2 aromatic rings. The molecule has 1 heterocycles. The van der Waals surface area contributed by atoms with Crippen LogP contribution in [0.15, 0.2) is 29.6 Å². The van der Waals surface area contributed by atoms with Gasteiger partial charge in [-0.2, -0.15) is 0 Å². The van der Waals surface area contributed by atoms with Gasteiger partial charge in [0, 0.05) is 23.9 Å². The summed E-state index contributed by atoms with van der Waals surface area (Å²) in [6, 6.07) is 8.15. The fourth-order valence-electron chi connectivity index (χ4n) is 2.10. The Morgan fingerprint density at radius 3 is 2.77 bits per heavy atom. The van der Waals surface area contributed by atoms with Crippen LogP contribution >= 0.6 is 11.3 Å². The number of nitrogens with one attached hydrogen (secondary N) is 1. The van der Waals surface area contributed by atoms with E-state index in [9.17, 15) is 8.42 Å². The van der Waals surface area contributed by atoms with Gasteiger partial charge in [0.2, 0.25) is 10.0 Å². The average molecular weight is 338 g/mol. The van der Waals surface area contributed by atoms with Gasteiger partial charge in [-0.25, -0.2) is 18.1 Å². The van der Waals surface area contributed by atoms with Gasteiger partial charge in [-0.15, -0.1) is 11.3 Å². The van der Waals surface area contributed by atoms with E-state index in [1.165, 1.54) is 5.56 Å². The van der Waals surface area contributed by atoms with Crippen LogP contribution in [0.2, 0.25) is 0 Å². The number of rotatable bonds is 8. The van der Waals surface area contributed by atoms with Crippen molar-refractivity contribution in [3.05, 3.63) is 40.9 Å². The van der Waals surface area contributed by atoms with E-state index in [0.29, 0.717) is 19.4 Å². The molecule has 0 aliphatic carbocycles. The maximum Gasteiger partial charge on any atom is 0.211 e. The fraction of sp³-hybridized carbons (Fsp3) is 0.438. The number of aryl methyl sites for hydroxylation is 1. The van der Waals surface area contributed by atoms with Gasteiger partial charge in [-0.3, -0.25) is 0 Å². The van der Waals surface area contributed by atoms with Crippen molar-refractivity contribution in [3.63, 3.8) is 0 Å². The molecule has 0 fully saturated rings. The summed E-state index contributed by atoms with van der Waals surface area (Å²) in [7, 11) is -3.14. The monoisotopic (exact) mass is 338 g/mol. The topological polar surface area (TPSA) is 59.1 Å². The van der Waals surface area contributed by atoms with E-state index in [-0.39, 0.29) is 5.75 Å². The Morgan fingerprint density at radius 1 is 1.27 bits per heavy atom. The van der Waals surface area contributed by atoms with Crippen LogP contribution in [0.25, 0.3) is 10.6 Å². The lowest BCUT2D eigenvalue weighted by molar-refractivity contribution is 0.578. The molecule has 1 aromatic heterocycles. The van der Waals surface area contributed by atoms with E-state index in [2.05, 4.69) is 28.8 Å². The lowest BCUT2D eigenvalue weighted by Gasteiger charge is -2.04. The van der Waals surface area contributed by atoms with Gasteiger partial charge in [-0.05, 0) is 18.9 Å². The molecule has 0 saturated carbocycles. The normalized spacial score (nSPS) is 11.7. The number of aromatic nitrogens is 1. The van der Waals surface area contributed by atoms with Crippen LogP contribution in [0.4, 0.5) is 0 Å². The number of thiazole rings is 1. The summed E-state index contributed by atoms with van der Waals surface area (Å²) in [5, 5.41) is 2.99. The summed E-state index contributed by atoms with van der Waals surface area (Å²) in [6.07, 6.45) is 2.20. The first-order chi connectivity index (χ1) is 10.5. The van der Waals surface area contributed by atoms with Crippen molar-refractivity contribution < 1.29 is 8.42 Å². The minimum Gasteiger partial charge on any atom is -0.241 e. The third-order valence-corrected chi connectivity index (χ3v) is 5.79. The molecular formula is C16H22N2O2S2. The predicted molar refractivity (Wildman–Crippen MR) is 92.7 cm³/mol. The number of unbranched alkanes of at least 4 members (excludes halogenated alkanes) is 1. The maximum absolute atomic E-state index is 11.7. The summed E-state index contributed by atoms with van der Waals surface area (Å²) >= 11 is 1.60. The Balaban J connectivity index is 1.92. The Kier molecular flexibility index (Phi) is 6.11. The lowest BCUT2D eigenvalue weighted by Crippen LogP contribution is -2.28. The number of hydrogen-bond donors (Lipinski definition) is 1. The van der Waals surface area contributed by atoms with Crippen molar-refractivity contribution in [3.8, 4) is 10.6 Å². The van der Waals surface area contributed by atoms with Gasteiger partial charge in [0.05, 0.1) is 11.4 Å². The zero-order chi connectivity index (χ0) is 16.0. The number of sulfonamides is 1. The molecule has 1 N–H and O–H groups in total. The summed E-state index contributed by atoms with van der Waals surface area (Å²) in [4.78, 5) is 4.61. The SMILES string of the molecule is CCCCS(=O)(=O)NCCc1csc(-c2ccccc2C)n1. The Hall–Kier alpha value is -1.24. The summed E-state index contributed by atoms with van der Waals surface area (Å²) in [5.74, 6) is 0.203. The summed E-state index contributed by atoms with van der Waals surface area (Å²) < 4.78 is 26.1. The molecule has 120 valence electrons. The van der Waals surface area contributed by atoms with Gasteiger partial charge in [0.1, 0.15) is 5.01 Å². The van der Waals surface area contributed by atoms with Crippen molar-refractivity contribution in [1.29, 1.82) is 0 Å². The van der Waals surface area contributed by atoms with Gasteiger partial charge < -0.3 is 0 Å². The molecule has 2 rings (SSSR count). The van der Waals surface area contributed by atoms with Crippen molar-refractivity contribution in [2.45, 2.75) is 33.1 Å². The summed E-state index contributed by atoms with van der Waals surface area (Å²) in [6.45, 7) is 4.46. The molecule has 4 nitrogen and oxygen atoms in total. The van der Waals surface area contributed by atoms with Crippen molar-refractivity contribution in [2.24, 2.45) is 0 Å². The highest BCUT2D eigenvalue weighted by molar-refractivity contribution is 7.89. The standard InChI is InChI=1S/C16H22N2O2S2/c1-3-4-11-22(19,20)17-10-9-14-12-21-16(18-14)15-8-6-5-7-13(15)2/h5-8,12,17H,3-4,9-11H2,1-2H3. The minimum atomic E-state index is -3.14. The van der Waals surface area contributed by atoms with Gasteiger partial charge in [-0.1, -0.05) is 37.6 Å². The Labute approximate surface area is 136 Å². The zero-order valence-electron chi connectivity index (χ0n) is 13.0. The zero-order valence-corrected chi connectivity index (χ0v) is 14.6. The molecule has 22 heavy (non-hydrogen) atoms. The van der Waals surface area contributed by atoms with Crippen LogP contribution in [0.3, 0.4) is 0 Å². The molecule has 0 bridgehead atoms. The molecule has 0 aliphatic rings. The van der Waals surface area contributed by atoms with Crippen LogP contribution in [0.1, 0.15) is 31.0 Å². The first-order valence-corrected chi connectivity index (χ1v) is 10.0. The average Bonchev–Trinajstić information content (AvgIpc) is 2.94. The fourth-order valence-corrected chi connectivity index (χ4v) is 4.27. The number of benzene rings is 1. The van der Waals surface area contributed by atoms with Crippen LogP contribution in [0.5, 0.6) is 0 Å². The highest BCUT2D eigenvalue weighted by Gasteiger charge is 2.10. The second kappa shape index (κ2) is 7.85. The molecule has 0 atom stereocenters. The quantitative estimate of drug-likeness (QED) is 0.803. The van der Waals surface area contributed by atoms with E-state index < -0.39 is 10.0 Å². The van der Waals surface area contributed by atoms with Crippen molar-refractivity contribution >= 4 is 21.4 Å². The highest BCUT2D eigenvalue weighted by Crippen LogP contribution is 2.26. The highest BCUT2D eigenvalue weighted by atomic mass is 32.2. The maximum atomic E-state index is 11.7. The molecule has 0 unspecified atom stereocenters. The first-order valence-electron chi connectivity index (χ1n) is 7.49. The Morgan fingerprint density at radius 2 is 2.05 bits per heavy atom. The third-order valence-electron chi connectivity index (χ3n) is 3.40. The minimum absolute atomic E-state index is 0.203. The molecule has 0 spiro atoms. The van der Waals surface area contributed by atoms with Gasteiger partial charge in [0.15, 0.2) is 0 Å². The van der Waals surface area contributed by atoms with Crippen LogP contribution in [0, 0.1) is 6.92 Å².